The highest BCUT2D eigenvalue weighted by Gasteiger charge is 2.18. The fraction of sp³-hybridized carbons (Fsp3) is 0.889. The van der Waals surface area contributed by atoms with Crippen LogP contribution in [0.4, 0.5) is 0 Å². The number of piperidine rings is 1. The van der Waals surface area contributed by atoms with Crippen molar-refractivity contribution in [2.45, 2.75) is 25.3 Å². The molecule has 2 N–H and O–H groups in total. The van der Waals surface area contributed by atoms with E-state index in [1.807, 2.05) is 7.05 Å². The van der Waals surface area contributed by atoms with Crippen LogP contribution in [0.5, 0.6) is 0 Å². The molecule has 0 bridgehead atoms. The minimum atomic E-state index is -0.702. The van der Waals surface area contributed by atoms with E-state index in [2.05, 4.69) is 10.2 Å². The highest BCUT2D eigenvalue weighted by molar-refractivity contribution is 5.85. The van der Waals surface area contributed by atoms with Crippen molar-refractivity contribution < 1.29 is 9.90 Å². The molecule has 0 aromatic heterocycles. The number of carboxylic acids is 1. The van der Waals surface area contributed by atoms with Gasteiger partial charge in [0.1, 0.15) is 0 Å². The zero-order valence-electron chi connectivity index (χ0n) is 8.94. The third-order valence-electron chi connectivity index (χ3n) is 2.56. The van der Waals surface area contributed by atoms with Crippen LogP contribution < -0.4 is 5.32 Å². The SMILES string of the molecule is CNC1CCCN(CCC(=O)O)C1.Cl.Cl. The summed E-state index contributed by atoms with van der Waals surface area (Å²) in [4.78, 5) is 12.6. The van der Waals surface area contributed by atoms with Crippen LogP contribution >= 0.6 is 24.8 Å². The van der Waals surface area contributed by atoms with Crippen molar-refractivity contribution in [3.8, 4) is 0 Å². The molecule has 1 fully saturated rings. The Balaban J connectivity index is 0. The number of carbonyl (C=O) groups is 1. The molecule has 1 saturated heterocycles. The van der Waals surface area contributed by atoms with Crippen LogP contribution in [0.1, 0.15) is 19.3 Å². The predicted octanol–water partition coefficient (Wildman–Crippen LogP) is 0.988. The Kier molecular flexibility index (Phi) is 10.7. The van der Waals surface area contributed by atoms with Gasteiger partial charge in [0.05, 0.1) is 6.42 Å². The molecule has 1 rings (SSSR count). The summed E-state index contributed by atoms with van der Waals surface area (Å²) in [6.45, 7) is 2.72. The van der Waals surface area contributed by atoms with Crippen molar-refractivity contribution in [3.05, 3.63) is 0 Å². The van der Waals surface area contributed by atoms with Crippen LogP contribution in [-0.4, -0.2) is 48.7 Å². The van der Waals surface area contributed by atoms with E-state index in [0.29, 0.717) is 12.6 Å². The first-order valence-corrected chi connectivity index (χ1v) is 4.84. The molecule has 0 spiro atoms. The largest absolute Gasteiger partial charge is 0.481 e. The van der Waals surface area contributed by atoms with Gasteiger partial charge in [-0.3, -0.25) is 4.79 Å². The number of nitrogens with one attached hydrogen (secondary N) is 1. The lowest BCUT2D eigenvalue weighted by Crippen LogP contribution is -2.44. The second-order valence-electron chi connectivity index (χ2n) is 3.57. The molecule has 0 saturated carbocycles. The summed E-state index contributed by atoms with van der Waals surface area (Å²) >= 11 is 0. The normalized spacial score (nSPS) is 21.3. The van der Waals surface area contributed by atoms with Gasteiger partial charge in [-0.1, -0.05) is 0 Å². The van der Waals surface area contributed by atoms with Crippen molar-refractivity contribution in [1.29, 1.82) is 0 Å². The van der Waals surface area contributed by atoms with Crippen LogP contribution in [0, 0.1) is 0 Å². The van der Waals surface area contributed by atoms with Crippen molar-refractivity contribution in [2.24, 2.45) is 0 Å². The molecule has 0 aliphatic carbocycles. The molecule has 0 radical (unpaired) electrons. The Labute approximate surface area is 103 Å². The van der Waals surface area contributed by atoms with E-state index in [0.717, 1.165) is 13.1 Å². The summed E-state index contributed by atoms with van der Waals surface area (Å²) in [6, 6.07) is 0.544. The fourth-order valence-electron chi connectivity index (χ4n) is 1.75. The van der Waals surface area contributed by atoms with Crippen LogP contribution in [0.15, 0.2) is 0 Å². The van der Waals surface area contributed by atoms with Crippen LogP contribution in [0.25, 0.3) is 0 Å². The highest BCUT2D eigenvalue weighted by atomic mass is 35.5. The zero-order chi connectivity index (χ0) is 9.68. The highest BCUT2D eigenvalue weighted by Crippen LogP contribution is 2.09. The average molecular weight is 259 g/mol. The van der Waals surface area contributed by atoms with E-state index < -0.39 is 5.97 Å². The number of aliphatic carboxylic acids is 1. The number of halogens is 2. The molecule has 4 nitrogen and oxygen atoms in total. The molecule has 6 heteroatoms. The Bertz CT molecular complexity index is 181. The minimum Gasteiger partial charge on any atom is -0.481 e. The van der Waals surface area contributed by atoms with E-state index in [9.17, 15) is 4.79 Å². The lowest BCUT2D eigenvalue weighted by atomic mass is 10.1. The lowest BCUT2D eigenvalue weighted by molar-refractivity contribution is -0.137. The summed E-state index contributed by atoms with van der Waals surface area (Å²) in [6.07, 6.45) is 2.64. The van der Waals surface area contributed by atoms with Gasteiger partial charge in [0, 0.05) is 19.1 Å². The smallest absolute Gasteiger partial charge is 0.304 e. The molecular weight excluding hydrogens is 239 g/mol. The summed E-state index contributed by atoms with van der Waals surface area (Å²) in [5, 5.41) is 11.8. The van der Waals surface area contributed by atoms with E-state index >= 15 is 0 Å². The molecule has 0 amide bonds. The number of likely N-dealkylation sites (tertiary alicyclic amines) is 1. The van der Waals surface area contributed by atoms with Gasteiger partial charge >= 0.3 is 5.97 Å². The molecule has 0 aromatic rings. The molecule has 1 aliphatic rings. The third kappa shape index (κ3) is 6.95. The van der Waals surface area contributed by atoms with Gasteiger partial charge in [-0.2, -0.15) is 0 Å². The Morgan fingerprint density at radius 1 is 1.53 bits per heavy atom. The minimum absolute atomic E-state index is 0. The number of carboxylic acid groups (broad SMARTS) is 1. The fourth-order valence-corrected chi connectivity index (χ4v) is 1.75. The van der Waals surface area contributed by atoms with Gasteiger partial charge in [0.2, 0.25) is 0 Å². The molecule has 15 heavy (non-hydrogen) atoms. The van der Waals surface area contributed by atoms with Crippen molar-refractivity contribution in [2.75, 3.05) is 26.7 Å². The van der Waals surface area contributed by atoms with Crippen molar-refractivity contribution in [1.82, 2.24) is 10.2 Å². The molecule has 1 aliphatic heterocycles. The maximum atomic E-state index is 10.4. The van der Waals surface area contributed by atoms with Crippen LogP contribution in [0.3, 0.4) is 0 Å². The Hall–Kier alpha value is -0.0300. The molecule has 1 atom stereocenters. The topological polar surface area (TPSA) is 52.6 Å². The molecule has 92 valence electrons. The van der Waals surface area contributed by atoms with E-state index in [4.69, 9.17) is 5.11 Å². The lowest BCUT2D eigenvalue weighted by Gasteiger charge is -2.32. The van der Waals surface area contributed by atoms with Crippen LogP contribution in [0.2, 0.25) is 0 Å². The maximum absolute atomic E-state index is 10.4. The van der Waals surface area contributed by atoms with E-state index in [-0.39, 0.29) is 31.2 Å². The Morgan fingerprint density at radius 3 is 2.73 bits per heavy atom. The summed E-state index contributed by atoms with van der Waals surface area (Å²) in [7, 11) is 1.96. The molecule has 0 aromatic carbocycles. The van der Waals surface area contributed by atoms with Gasteiger partial charge in [0.25, 0.3) is 0 Å². The van der Waals surface area contributed by atoms with Crippen molar-refractivity contribution in [3.63, 3.8) is 0 Å². The summed E-state index contributed by atoms with van der Waals surface area (Å²) < 4.78 is 0. The van der Waals surface area contributed by atoms with Gasteiger partial charge in [0.15, 0.2) is 0 Å². The number of likely N-dealkylation sites (N-methyl/N-ethyl adjacent to an activating group) is 1. The first kappa shape index (κ1) is 17.4. The van der Waals surface area contributed by atoms with E-state index in [1.165, 1.54) is 12.8 Å². The Morgan fingerprint density at radius 2 is 2.20 bits per heavy atom. The zero-order valence-corrected chi connectivity index (χ0v) is 10.6. The number of hydrogen-bond donors (Lipinski definition) is 2. The van der Waals surface area contributed by atoms with Gasteiger partial charge in [-0.25, -0.2) is 0 Å². The second-order valence-corrected chi connectivity index (χ2v) is 3.57. The first-order valence-electron chi connectivity index (χ1n) is 4.84. The first-order chi connectivity index (χ1) is 6.22. The molecule has 1 unspecified atom stereocenters. The molecular formula is C9H20Cl2N2O2. The number of rotatable bonds is 4. The van der Waals surface area contributed by atoms with Gasteiger partial charge in [-0.15, -0.1) is 24.8 Å². The standard InChI is InChI=1S/C9H18N2O2.2ClH/c1-10-8-3-2-5-11(7-8)6-4-9(12)13;;/h8,10H,2-7H2,1H3,(H,12,13);2*1H. The number of hydrogen-bond acceptors (Lipinski definition) is 3. The summed E-state index contributed by atoms with van der Waals surface area (Å²) in [5.74, 6) is -0.702. The second kappa shape index (κ2) is 9.21. The van der Waals surface area contributed by atoms with Crippen LogP contribution in [-0.2, 0) is 4.79 Å². The number of nitrogens with zero attached hydrogens (tertiary/aromatic N) is 1. The summed E-state index contributed by atoms with van der Waals surface area (Å²) in [5.41, 5.74) is 0. The quantitative estimate of drug-likeness (QED) is 0.790. The van der Waals surface area contributed by atoms with Gasteiger partial charge in [-0.05, 0) is 26.4 Å². The van der Waals surface area contributed by atoms with E-state index in [1.54, 1.807) is 0 Å². The monoisotopic (exact) mass is 258 g/mol. The third-order valence-corrected chi connectivity index (χ3v) is 2.56. The van der Waals surface area contributed by atoms with Crippen molar-refractivity contribution >= 4 is 30.8 Å². The average Bonchev–Trinajstić information content (AvgIpc) is 2.15. The maximum Gasteiger partial charge on any atom is 0.304 e. The van der Waals surface area contributed by atoms with Gasteiger partial charge < -0.3 is 15.3 Å². The molecule has 1 heterocycles. The predicted molar refractivity (Wildman–Crippen MR) is 65.3 cm³/mol.